The van der Waals surface area contributed by atoms with Gasteiger partial charge in [0.25, 0.3) is 0 Å². The Kier molecular flexibility index (Phi) is 2.50. The average molecular weight is 276 g/mol. The second-order valence-corrected chi connectivity index (χ2v) is 8.63. The number of ether oxygens (including phenoxy) is 1. The molecule has 5 aliphatic rings. The normalized spacial score (nSPS) is 56.0. The summed E-state index contributed by atoms with van der Waals surface area (Å²) in [4.78, 5) is 0. The van der Waals surface area contributed by atoms with Crippen molar-refractivity contribution in [1.82, 2.24) is 0 Å². The van der Waals surface area contributed by atoms with Crippen LogP contribution < -0.4 is 0 Å². The van der Waals surface area contributed by atoms with Gasteiger partial charge in [-0.15, -0.1) is 0 Å². The summed E-state index contributed by atoms with van der Waals surface area (Å²) in [5.41, 5.74) is -0.127. The summed E-state index contributed by atoms with van der Waals surface area (Å²) < 4.78 is 6.09. The maximum absolute atomic E-state index is 11.5. The fraction of sp³-hybridized carbons (Fsp3) is 1.00. The fourth-order valence-corrected chi connectivity index (χ4v) is 7.00. The van der Waals surface area contributed by atoms with Crippen molar-refractivity contribution in [2.24, 2.45) is 29.6 Å². The van der Waals surface area contributed by atoms with E-state index in [-0.39, 0.29) is 11.2 Å². The Labute approximate surface area is 122 Å². The summed E-state index contributed by atoms with van der Waals surface area (Å²) in [7, 11) is 0. The van der Waals surface area contributed by atoms with Gasteiger partial charge >= 0.3 is 0 Å². The third-order valence-electron chi connectivity index (χ3n) is 8.00. The van der Waals surface area contributed by atoms with Gasteiger partial charge in [-0.3, -0.25) is 0 Å². The largest absolute Gasteiger partial charge is 0.389 e. The lowest BCUT2D eigenvalue weighted by atomic mass is 9.61. The van der Waals surface area contributed by atoms with Crippen molar-refractivity contribution in [1.29, 1.82) is 0 Å². The van der Waals surface area contributed by atoms with Crippen molar-refractivity contribution in [2.45, 2.75) is 75.4 Å². The van der Waals surface area contributed by atoms with Gasteiger partial charge in [0.15, 0.2) is 0 Å². The predicted octanol–water partition coefficient (Wildman–Crippen LogP) is 3.52. The molecule has 5 rings (SSSR count). The first-order chi connectivity index (χ1) is 9.70. The topological polar surface area (TPSA) is 29.5 Å². The lowest BCUT2D eigenvalue weighted by Gasteiger charge is -2.53. The molecule has 1 spiro atoms. The Balaban J connectivity index is 1.40. The number of aliphatic hydroxyl groups is 1. The van der Waals surface area contributed by atoms with Crippen LogP contribution in [0, 0.1) is 29.6 Å². The average Bonchev–Trinajstić information content (AvgIpc) is 3.08. The second kappa shape index (κ2) is 4.01. The van der Waals surface area contributed by atoms with E-state index in [4.69, 9.17) is 4.74 Å². The van der Waals surface area contributed by atoms with Crippen molar-refractivity contribution in [3.63, 3.8) is 0 Å². The van der Waals surface area contributed by atoms with Crippen LogP contribution in [0.25, 0.3) is 0 Å². The standard InChI is InChI=1S/C18H28O2/c19-18(13-5-8-20-17(11-13)6-2-7-17)10-12-9-16(18)15-4-1-3-14(12)15/h12-16,19H,1-11H2. The van der Waals surface area contributed by atoms with Crippen LogP contribution in [0.15, 0.2) is 0 Å². The lowest BCUT2D eigenvalue weighted by molar-refractivity contribution is -0.190. The number of hydrogen-bond donors (Lipinski definition) is 1. The third kappa shape index (κ3) is 1.48. The van der Waals surface area contributed by atoms with E-state index in [0.717, 1.165) is 43.6 Å². The first-order valence-corrected chi connectivity index (χ1v) is 9.07. The van der Waals surface area contributed by atoms with E-state index in [9.17, 15) is 5.11 Å². The van der Waals surface area contributed by atoms with E-state index in [0.29, 0.717) is 11.8 Å². The molecule has 2 heteroatoms. The molecule has 0 aromatic carbocycles. The van der Waals surface area contributed by atoms with E-state index in [2.05, 4.69) is 0 Å². The molecular formula is C18H28O2. The minimum atomic E-state index is -0.317. The molecule has 0 radical (unpaired) electrons. The summed E-state index contributed by atoms with van der Waals surface area (Å²) >= 11 is 0. The van der Waals surface area contributed by atoms with Crippen LogP contribution in [0.3, 0.4) is 0 Å². The van der Waals surface area contributed by atoms with Gasteiger partial charge in [-0.1, -0.05) is 6.42 Å². The van der Waals surface area contributed by atoms with Crippen LogP contribution in [-0.4, -0.2) is 22.9 Å². The SMILES string of the molecule is OC1(C2CCOC3(CCC3)C2)CC2CC1C1CCCC21. The zero-order chi connectivity index (χ0) is 13.4. The minimum absolute atomic E-state index is 0.190. The van der Waals surface area contributed by atoms with Gasteiger partial charge < -0.3 is 9.84 Å². The molecule has 0 aromatic heterocycles. The van der Waals surface area contributed by atoms with Gasteiger partial charge in [0, 0.05) is 6.61 Å². The summed E-state index contributed by atoms with van der Waals surface area (Å²) in [6, 6.07) is 0. The Hall–Kier alpha value is -0.0800. The summed E-state index contributed by atoms with van der Waals surface area (Å²) in [5.74, 6) is 3.89. The third-order valence-corrected chi connectivity index (χ3v) is 8.00. The lowest BCUT2D eigenvalue weighted by Crippen LogP contribution is -2.55. The van der Waals surface area contributed by atoms with Crippen molar-refractivity contribution in [3.05, 3.63) is 0 Å². The zero-order valence-corrected chi connectivity index (χ0v) is 12.5. The van der Waals surface area contributed by atoms with E-state index in [1.54, 1.807) is 0 Å². The highest BCUT2D eigenvalue weighted by atomic mass is 16.5. The highest BCUT2D eigenvalue weighted by Gasteiger charge is 2.63. The molecule has 0 amide bonds. The second-order valence-electron chi connectivity index (χ2n) is 8.63. The minimum Gasteiger partial charge on any atom is -0.389 e. The Morgan fingerprint density at radius 2 is 1.80 bits per heavy atom. The van der Waals surface area contributed by atoms with Crippen LogP contribution in [0.5, 0.6) is 0 Å². The van der Waals surface area contributed by atoms with E-state index >= 15 is 0 Å². The van der Waals surface area contributed by atoms with Gasteiger partial charge in [0.1, 0.15) is 0 Å². The quantitative estimate of drug-likeness (QED) is 0.794. The van der Waals surface area contributed by atoms with Gasteiger partial charge in [-0.05, 0) is 87.4 Å². The molecule has 2 bridgehead atoms. The molecule has 112 valence electrons. The molecule has 20 heavy (non-hydrogen) atoms. The predicted molar refractivity (Wildman–Crippen MR) is 77.3 cm³/mol. The molecule has 1 heterocycles. The number of hydrogen-bond acceptors (Lipinski definition) is 2. The summed E-state index contributed by atoms with van der Waals surface area (Å²) in [5, 5.41) is 11.5. The monoisotopic (exact) mass is 276 g/mol. The highest BCUT2D eigenvalue weighted by molar-refractivity contribution is 5.13. The van der Waals surface area contributed by atoms with Crippen molar-refractivity contribution >= 4 is 0 Å². The Morgan fingerprint density at radius 1 is 0.950 bits per heavy atom. The number of fused-ring (bicyclic) bond motifs is 5. The van der Waals surface area contributed by atoms with Crippen LogP contribution >= 0.6 is 0 Å². The van der Waals surface area contributed by atoms with Crippen LogP contribution in [0.2, 0.25) is 0 Å². The molecule has 0 aromatic rings. The maximum Gasteiger partial charge on any atom is 0.0711 e. The summed E-state index contributed by atoms with van der Waals surface area (Å²) in [6.45, 7) is 0.901. The van der Waals surface area contributed by atoms with Gasteiger partial charge in [0.2, 0.25) is 0 Å². The highest BCUT2D eigenvalue weighted by Crippen LogP contribution is 2.65. The number of rotatable bonds is 1. The first kappa shape index (κ1) is 12.5. The maximum atomic E-state index is 11.5. The molecule has 6 unspecified atom stereocenters. The Morgan fingerprint density at radius 3 is 2.60 bits per heavy atom. The summed E-state index contributed by atoms with van der Waals surface area (Å²) in [6.07, 6.45) is 12.9. The van der Waals surface area contributed by atoms with Gasteiger partial charge in [-0.2, -0.15) is 0 Å². The molecule has 1 aliphatic heterocycles. The molecule has 2 nitrogen and oxygen atoms in total. The smallest absolute Gasteiger partial charge is 0.0711 e. The van der Waals surface area contributed by atoms with Crippen LogP contribution in [-0.2, 0) is 4.74 Å². The zero-order valence-electron chi connectivity index (χ0n) is 12.5. The van der Waals surface area contributed by atoms with Crippen LogP contribution in [0.4, 0.5) is 0 Å². The van der Waals surface area contributed by atoms with E-state index < -0.39 is 0 Å². The molecule has 4 saturated carbocycles. The Bertz CT molecular complexity index is 416. The van der Waals surface area contributed by atoms with Crippen molar-refractivity contribution < 1.29 is 9.84 Å². The van der Waals surface area contributed by atoms with Gasteiger partial charge in [0.05, 0.1) is 11.2 Å². The first-order valence-electron chi connectivity index (χ1n) is 9.07. The molecule has 1 saturated heterocycles. The molecule has 1 N–H and O–H groups in total. The van der Waals surface area contributed by atoms with Gasteiger partial charge in [-0.25, -0.2) is 0 Å². The van der Waals surface area contributed by atoms with E-state index in [1.165, 1.54) is 44.9 Å². The molecule has 6 atom stereocenters. The van der Waals surface area contributed by atoms with E-state index in [1.807, 2.05) is 0 Å². The molecular weight excluding hydrogens is 248 g/mol. The molecule has 5 fully saturated rings. The molecule has 4 aliphatic carbocycles. The van der Waals surface area contributed by atoms with Crippen molar-refractivity contribution in [2.75, 3.05) is 6.61 Å². The van der Waals surface area contributed by atoms with Crippen LogP contribution in [0.1, 0.15) is 64.2 Å². The fourth-order valence-electron chi connectivity index (χ4n) is 7.00. The van der Waals surface area contributed by atoms with Crippen molar-refractivity contribution in [3.8, 4) is 0 Å².